The summed E-state index contributed by atoms with van der Waals surface area (Å²) in [5.74, 6) is -0.105. The summed E-state index contributed by atoms with van der Waals surface area (Å²) < 4.78 is 0.718. The van der Waals surface area contributed by atoms with E-state index in [0.717, 1.165) is 16.5 Å². The summed E-state index contributed by atoms with van der Waals surface area (Å²) in [6.45, 7) is 0.586. The lowest BCUT2D eigenvalue weighted by molar-refractivity contribution is 0.0954. The number of carbonyl (C=O) groups is 1. The second-order valence-electron chi connectivity index (χ2n) is 3.99. The quantitative estimate of drug-likeness (QED) is 0.927. The third-order valence-corrected chi connectivity index (χ3v) is 3.84. The van der Waals surface area contributed by atoms with Crippen molar-refractivity contribution in [2.75, 3.05) is 6.54 Å². The molecule has 1 heterocycles. The molecule has 1 aromatic heterocycles. The Morgan fingerprint density at radius 1 is 1.26 bits per heavy atom. The lowest BCUT2D eigenvalue weighted by Gasteiger charge is -2.06. The highest BCUT2D eigenvalue weighted by atomic mass is 79.9. The highest BCUT2D eigenvalue weighted by Gasteiger charge is 2.07. The van der Waals surface area contributed by atoms with Crippen LogP contribution >= 0.6 is 27.5 Å². The van der Waals surface area contributed by atoms with Crippen molar-refractivity contribution >= 4 is 33.4 Å². The van der Waals surface area contributed by atoms with Gasteiger partial charge >= 0.3 is 0 Å². The van der Waals surface area contributed by atoms with Gasteiger partial charge in [-0.05, 0) is 58.2 Å². The summed E-state index contributed by atoms with van der Waals surface area (Å²) >= 11 is 9.19. The number of benzene rings is 1. The van der Waals surface area contributed by atoms with Crippen LogP contribution in [0.15, 0.2) is 47.2 Å². The Morgan fingerprint density at radius 2 is 2.00 bits per heavy atom. The van der Waals surface area contributed by atoms with Crippen molar-refractivity contribution in [1.82, 2.24) is 10.3 Å². The van der Waals surface area contributed by atoms with Crippen LogP contribution < -0.4 is 5.32 Å². The van der Waals surface area contributed by atoms with Gasteiger partial charge in [-0.15, -0.1) is 0 Å². The van der Waals surface area contributed by atoms with E-state index in [9.17, 15) is 4.79 Å². The van der Waals surface area contributed by atoms with E-state index in [-0.39, 0.29) is 5.91 Å². The van der Waals surface area contributed by atoms with E-state index in [0.29, 0.717) is 17.1 Å². The summed E-state index contributed by atoms with van der Waals surface area (Å²) in [5, 5.41) is 3.46. The van der Waals surface area contributed by atoms with Crippen LogP contribution in [-0.2, 0) is 6.42 Å². The molecule has 1 amide bonds. The predicted octanol–water partition coefficient (Wildman–Crippen LogP) is 3.47. The van der Waals surface area contributed by atoms with Crippen LogP contribution in [0.1, 0.15) is 15.9 Å². The number of aromatic nitrogens is 1. The van der Waals surface area contributed by atoms with Gasteiger partial charge in [-0.1, -0.05) is 11.6 Å². The van der Waals surface area contributed by atoms with Gasteiger partial charge in [0, 0.05) is 29.0 Å². The molecule has 2 rings (SSSR count). The predicted molar refractivity (Wildman–Crippen MR) is 79.4 cm³/mol. The first-order valence-electron chi connectivity index (χ1n) is 5.79. The summed E-state index contributed by atoms with van der Waals surface area (Å²) in [6, 6.07) is 8.98. The highest BCUT2D eigenvalue weighted by molar-refractivity contribution is 9.10. The third-order valence-electron chi connectivity index (χ3n) is 2.63. The van der Waals surface area contributed by atoms with Gasteiger partial charge in [0.2, 0.25) is 0 Å². The molecule has 0 radical (unpaired) electrons. The Morgan fingerprint density at radius 3 is 2.68 bits per heavy atom. The van der Waals surface area contributed by atoms with Crippen molar-refractivity contribution in [2.45, 2.75) is 6.42 Å². The van der Waals surface area contributed by atoms with Crippen molar-refractivity contribution in [3.63, 3.8) is 0 Å². The maximum absolute atomic E-state index is 11.9. The Bertz CT molecular complexity index is 575. The molecule has 2 aromatic rings. The maximum Gasteiger partial charge on any atom is 0.251 e. The molecule has 0 unspecified atom stereocenters. The van der Waals surface area contributed by atoms with Crippen LogP contribution in [0.2, 0.25) is 5.02 Å². The molecular weight excluding hydrogens is 328 g/mol. The molecule has 0 aliphatic carbocycles. The summed E-state index contributed by atoms with van der Waals surface area (Å²) in [5.41, 5.74) is 1.73. The molecule has 0 bridgehead atoms. The molecule has 3 nitrogen and oxygen atoms in total. The van der Waals surface area contributed by atoms with Gasteiger partial charge in [0.25, 0.3) is 5.91 Å². The molecule has 1 N–H and O–H groups in total. The van der Waals surface area contributed by atoms with E-state index in [1.807, 2.05) is 12.1 Å². The Labute approximate surface area is 125 Å². The minimum atomic E-state index is -0.105. The van der Waals surface area contributed by atoms with E-state index < -0.39 is 0 Å². The average Bonchev–Trinajstić information content (AvgIpc) is 2.43. The second kappa shape index (κ2) is 6.68. The van der Waals surface area contributed by atoms with Gasteiger partial charge in [-0.25, -0.2) is 0 Å². The van der Waals surface area contributed by atoms with Gasteiger partial charge < -0.3 is 5.32 Å². The van der Waals surface area contributed by atoms with Crippen LogP contribution in [-0.4, -0.2) is 17.4 Å². The van der Waals surface area contributed by atoms with E-state index >= 15 is 0 Å². The van der Waals surface area contributed by atoms with Crippen molar-refractivity contribution < 1.29 is 4.79 Å². The lowest BCUT2D eigenvalue weighted by Crippen LogP contribution is -2.25. The third kappa shape index (κ3) is 4.04. The zero-order chi connectivity index (χ0) is 13.7. The van der Waals surface area contributed by atoms with Crippen LogP contribution in [0, 0.1) is 0 Å². The molecule has 19 heavy (non-hydrogen) atoms. The molecule has 0 aliphatic heterocycles. The Hall–Kier alpha value is -1.39. The monoisotopic (exact) mass is 338 g/mol. The number of halogens is 2. The van der Waals surface area contributed by atoms with E-state index in [4.69, 9.17) is 11.6 Å². The zero-order valence-corrected chi connectivity index (χ0v) is 12.4. The normalized spacial score (nSPS) is 10.2. The number of nitrogens with one attached hydrogen (secondary N) is 1. The first-order valence-corrected chi connectivity index (χ1v) is 6.96. The minimum absolute atomic E-state index is 0.105. The standard InChI is InChI=1S/C14H12BrClN2O/c15-12-9-11(1-2-13(12)16)14(19)18-8-5-10-3-6-17-7-4-10/h1-4,6-7,9H,5,8H2,(H,18,19). The first kappa shape index (κ1) is 14.0. The number of pyridine rings is 1. The number of carbonyl (C=O) groups excluding carboxylic acids is 1. The largest absolute Gasteiger partial charge is 0.352 e. The van der Waals surface area contributed by atoms with Gasteiger partial charge in [-0.3, -0.25) is 9.78 Å². The van der Waals surface area contributed by atoms with Crippen LogP contribution in [0.3, 0.4) is 0 Å². The minimum Gasteiger partial charge on any atom is -0.352 e. The number of hydrogen-bond acceptors (Lipinski definition) is 2. The van der Waals surface area contributed by atoms with Gasteiger partial charge in [0.15, 0.2) is 0 Å². The molecule has 0 saturated carbocycles. The van der Waals surface area contributed by atoms with Gasteiger partial charge in [0.1, 0.15) is 0 Å². The van der Waals surface area contributed by atoms with Crippen molar-refractivity contribution in [2.24, 2.45) is 0 Å². The summed E-state index contributed by atoms with van der Waals surface area (Å²) in [7, 11) is 0. The molecule has 0 spiro atoms. The molecule has 1 aromatic carbocycles. The summed E-state index contributed by atoms with van der Waals surface area (Å²) in [6.07, 6.45) is 4.27. The maximum atomic E-state index is 11.9. The lowest BCUT2D eigenvalue weighted by atomic mass is 10.2. The molecule has 0 atom stereocenters. The van der Waals surface area contributed by atoms with Crippen molar-refractivity contribution in [3.8, 4) is 0 Å². The van der Waals surface area contributed by atoms with Crippen LogP contribution in [0.25, 0.3) is 0 Å². The fraction of sp³-hybridized carbons (Fsp3) is 0.143. The SMILES string of the molecule is O=C(NCCc1ccncc1)c1ccc(Cl)c(Br)c1. The van der Waals surface area contributed by atoms with E-state index in [1.54, 1.807) is 30.6 Å². The fourth-order valence-corrected chi connectivity index (χ4v) is 2.11. The average molecular weight is 340 g/mol. The number of nitrogens with zero attached hydrogens (tertiary/aromatic N) is 1. The topological polar surface area (TPSA) is 42.0 Å². The second-order valence-corrected chi connectivity index (χ2v) is 5.25. The molecule has 0 fully saturated rings. The smallest absolute Gasteiger partial charge is 0.251 e. The van der Waals surface area contributed by atoms with Crippen molar-refractivity contribution in [3.05, 3.63) is 63.3 Å². The highest BCUT2D eigenvalue weighted by Crippen LogP contribution is 2.23. The molecule has 0 aliphatic rings. The van der Waals surface area contributed by atoms with Crippen LogP contribution in [0.5, 0.6) is 0 Å². The van der Waals surface area contributed by atoms with Crippen LogP contribution in [0.4, 0.5) is 0 Å². The number of rotatable bonds is 4. The Kier molecular flexibility index (Phi) is 4.93. The molecule has 98 valence electrons. The van der Waals surface area contributed by atoms with E-state index in [1.165, 1.54) is 0 Å². The zero-order valence-electron chi connectivity index (χ0n) is 10.1. The van der Waals surface area contributed by atoms with E-state index in [2.05, 4.69) is 26.2 Å². The Balaban J connectivity index is 1.89. The van der Waals surface area contributed by atoms with Gasteiger partial charge in [0.05, 0.1) is 5.02 Å². The summed E-state index contributed by atoms with van der Waals surface area (Å²) in [4.78, 5) is 15.9. The number of hydrogen-bond donors (Lipinski definition) is 1. The molecule has 0 saturated heterocycles. The molecular formula is C14H12BrClN2O. The van der Waals surface area contributed by atoms with Gasteiger partial charge in [-0.2, -0.15) is 0 Å². The van der Waals surface area contributed by atoms with Crippen molar-refractivity contribution in [1.29, 1.82) is 0 Å². The fourth-order valence-electron chi connectivity index (χ4n) is 1.61. The first-order chi connectivity index (χ1) is 9.16. The number of amides is 1. The molecule has 5 heteroatoms.